The van der Waals surface area contributed by atoms with Gasteiger partial charge in [-0.3, -0.25) is 4.98 Å². The third kappa shape index (κ3) is 5.26. The summed E-state index contributed by atoms with van der Waals surface area (Å²) in [5, 5.41) is 8.28. The van der Waals surface area contributed by atoms with Gasteiger partial charge in [-0.1, -0.05) is 0 Å². The number of primary sulfonamides is 1. The van der Waals surface area contributed by atoms with Crippen molar-refractivity contribution in [2.75, 3.05) is 12.3 Å². The van der Waals surface area contributed by atoms with Crippen LogP contribution in [-0.4, -0.2) is 25.7 Å². The highest BCUT2D eigenvalue weighted by Gasteiger charge is 2.12. The highest BCUT2D eigenvalue weighted by molar-refractivity contribution is 7.89. The molecule has 1 rings (SSSR count). The SMILES string of the molecule is Cc1cc(C)c(C(C)NCCCS(N)(=O)=O)c(C)n1. The van der Waals surface area contributed by atoms with Crippen LogP contribution in [0, 0.1) is 20.8 Å². The molecule has 3 N–H and O–H groups in total. The monoisotopic (exact) mass is 285 g/mol. The molecule has 19 heavy (non-hydrogen) atoms. The largest absolute Gasteiger partial charge is 0.310 e. The van der Waals surface area contributed by atoms with Crippen LogP contribution in [0.5, 0.6) is 0 Å². The van der Waals surface area contributed by atoms with Gasteiger partial charge in [-0.05, 0) is 57.9 Å². The van der Waals surface area contributed by atoms with Crippen molar-refractivity contribution < 1.29 is 8.42 Å². The van der Waals surface area contributed by atoms with Crippen LogP contribution < -0.4 is 10.5 Å². The zero-order valence-electron chi connectivity index (χ0n) is 12.0. The molecule has 0 amide bonds. The average molecular weight is 285 g/mol. The number of nitrogens with one attached hydrogen (secondary N) is 1. The molecule has 0 saturated heterocycles. The van der Waals surface area contributed by atoms with E-state index in [-0.39, 0.29) is 11.8 Å². The maximum Gasteiger partial charge on any atom is 0.209 e. The molecule has 0 saturated carbocycles. The van der Waals surface area contributed by atoms with E-state index in [1.54, 1.807) is 0 Å². The van der Waals surface area contributed by atoms with E-state index in [2.05, 4.69) is 30.2 Å². The summed E-state index contributed by atoms with van der Waals surface area (Å²) in [6, 6.07) is 2.21. The number of aryl methyl sites for hydroxylation is 3. The molecule has 0 radical (unpaired) electrons. The lowest BCUT2D eigenvalue weighted by Crippen LogP contribution is -2.25. The zero-order valence-corrected chi connectivity index (χ0v) is 12.8. The van der Waals surface area contributed by atoms with Gasteiger partial charge in [-0.15, -0.1) is 0 Å². The van der Waals surface area contributed by atoms with Crippen molar-refractivity contribution in [3.63, 3.8) is 0 Å². The van der Waals surface area contributed by atoms with Crippen LogP contribution in [0.1, 0.15) is 41.9 Å². The predicted molar refractivity (Wildman–Crippen MR) is 77.5 cm³/mol. The highest BCUT2D eigenvalue weighted by Crippen LogP contribution is 2.20. The van der Waals surface area contributed by atoms with E-state index >= 15 is 0 Å². The maximum atomic E-state index is 10.8. The minimum absolute atomic E-state index is 0.0107. The van der Waals surface area contributed by atoms with Crippen LogP contribution in [0.3, 0.4) is 0 Å². The summed E-state index contributed by atoms with van der Waals surface area (Å²) in [5.41, 5.74) is 4.42. The number of nitrogens with zero attached hydrogens (tertiary/aromatic N) is 1. The van der Waals surface area contributed by atoms with Crippen molar-refractivity contribution in [3.8, 4) is 0 Å². The first kappa shape index (κ1) is 16.1. The van der Waals surface area contributed by atoms with Crippen molar-refractivity contribution in [1.29, 1.82) is 0 Å². The molecule has 6 heteroatoms. The lowest BCUT2D eigenvalue weighted by Gasteiger charge is -2.19. The minimum atomic E-state index is -3.36. The van der Waals surface area contributed by atoms with E-state index in [1.807, 2.05) is 13.8 Å². The standard InChI is InChI=1S/C13H23N3O2S/c1-9-8-10(2)16-12(4)13(9)11(3)15-6-5-7-19(14,17)18/h8,11,15H,5-7H2,1-4H3,(H2,14,17,18). The van der Waals surface area contributed by atoms with Gasteiger partial charge in [-0.2, -0.15) is 0 Å². The molecule has 108 valence electrons. The van der Waals surface area contributed by atoms with Gasteiger partial charge in [0.25, 0.3) is 0 Å². The third-order valence-electron chi connectivity index (χ3n) is 3.07. The molecule has 0 aliphatic rings. The second-order valence-electron chi connectivity index (χ2n) is 4.98. The first-order valence-corrected chi connectivity index (χ1v) is 8.11. The minimum Gasteiger partial charge on any atom is -0.310 e. The van der Waals surface area contributed by atoms with Crippen LogP contribution in [0.4, 0.5) is 0 Å². The topological polar surface area (TPSA) is 85.1 Å². The summed E-state index contributed by atoms with van der Waals surface area (Å²) in [7, 11) is -3.36. The van der Waals surface area contributed by atoms with Gasteiger partial charge in [0.05, 0.1) is 5.75 Å². The van der Waals surface area contributed by atoms with E-state index in [9.17, 15) is 8.42 Å². The Morgan fingerprint density at radius 2 is 2.00 bits per heavy atom. The second-order valence-corrected chi connectivity index (χ2v) is 6.71. The number of hydrogen-bond acceptors (Lipinski definition) is 4. The first-order chi connectivity index (χ1) is 8.70. The molecule has 1 atom stereocenters. The molecule has 0 aliphatic carbocycles. The number of rotatable bonds is 6. The molecule has 0 spiro atoms. The van der Waals surface area contributed by atoms with Crippen molar-refractivity contribution in [3.05, 3.63) is 28.6 Å². The molecular weight excluding hydrogens is 262 g/mol. The summed E-state index contributed by atoms with van der Waals surface area (Å²) in [4.78, 5) is 4.47. The van der Waals surface area contributed by atoms with Gasteiger partial charge < -0.3 is 5.32 Å². The summed E-state index contributed by atoms with van der Waals surface area (Å²) in [6.45, 7) is 8.72. The average Bonchev–Trinajstić information content (AvgIpc) is 2.21. The normalized spacial score (nSPS) is 13.5. The predicted octanol–water partition coefficient (Wildman–Crippen LogP) is 1.34. The van der Waals surface area contributed by atoms with Gasteiger partial charge in [-0.25, -0.2) is 13.6 Å². The highest BCUT2D eigenvalue weighted by atomic mass is 32.2. The van der Waals surface area contributed by atoms with Crippen molar-refractivity contribution in [2.24, 2.45) is 5.14 Å². The smallest absolute Gasteiger partial charge is 0.209 e. The van der Waals surface area contributed by atoms with Gasteiger partial charge in [0, 0.05) is 17.4 Å². The molecular formula is C13H23N3O2S. The second kappa shape index (κ2) is 6.45. The third-order valence-corrected chi connectivity index (χ3v) is 3.93. The van der Waals surface area contributed by atoms with Crippen molar-refractivity contribution in [1.82, 2.24) is 10.3 Å². The van der Waals surface area contributed by atoms with Gasteiger partial charge in [0.15, 0.2) is 0 Å². The van der Waals surface area contributed by atoms with Crippen LogP contribution in [0.25, 0.3) is 0 Å². The maximum absolute atomic E-state index is 10.8. The molecule has 0 aromatic carbocycles. The molecule has 1 heterocycles. The zero-order chi connectivity index (χ0) is 14.6. The summed E-state index contributed by atoms with van der Waals surface area (Å²) in [5.74, 6) is 0.0107. The fraction of sp³-hybridized carbons (Fsp3) is 0.615. The van der Waals surface area contributed by atoms with E-state index in [0.29, 0.717) is 13.0 Å². The number of aromatic nitrogens is 1. The quantitative estimate of drug-likeness (QED) is 0.772. The van der Waals surface area contributed by atoms with Gasteiger partial charge in [0.2, 0.25) is 10.0 Å². The van der Waals surface area contributed by atoms with E-state index < -0.39 is 10.0 Å². The fourth-order valence-electron chi connectivity index (χ4n) is 2.38. The Kier molecular flexibility index (Phi) is 5.46. The molecule has 1 unspecified atom stereocenters. The molecule has 0 aliphatic heterocycles. The number of sulfonamides is 1. The Hall–Kier alpha value is -0.980. The number of nitrogens with two attached hydrogens (primary N) is 1. The molecule has 0 bridgehead atoms. The van der Waals surface area contributed by atoms with E-state index in [0.717, 1.165) is 11.4 Å². The fourth-order valence-corrected chi connectivity index (χ4v) is 2.93. The summed E-state index contributed by atoms with van der Waals surface area (Å²) >= 11 is 0. The van der Waals surface area contributed by atoms with Crippen molar-refractivity contribution >= 4 is 10.0 Å². The van der Waals surface area contributed by atoms with Crippen molar-refractivity contribution in [2.45, 2.75) is 40.2 Å². The van der Waals surface area contributed by atoms with Gasteiger partial charge >= 0.3 is 0 Å². The lowest BCUT2D eigenvalue weighted by molar-refractivity contribution is 0.555. The first-order valence-electron chi connectivity index (χ1n) is 6.39. The molecule has 0 fully saturated rings. The molecule has 1 aromatic heterocycles. The summed E-state index contributed by atoms with van der Waals surface area (Å²) in [6.07, 6.45) is 0.514. The summed E-state index contributed by atoms with van der Waals surface area (Å²) < 4.78 is 21.7. The van der Waals surface area contributed by atoms with E-state index in [4.69, 9.17) is 5.14 Å². The Balaban J connectivity index is 2.62. The molecule has 5 nitrogen and oxygen atoms in total. The van der Waals surface area contributed by atoms with Crippen LogP contribution >= 0.6 is 0 Å². The Morgan fingerprint density at radius 3 is 2.53 bits per heavy atom. The Morgan fingerprint density at radius 1 is 1.37 bits per heavy atom. The van der Waals surface area contributed by atoms with Gasteiger partial charge in [0.1, 0.15) is 0 Å². The number of pyridine rings is 1. The van der Waals surface area contributed by atoms with Crippen LogP contribution in [0.2, 0.25) is 0 Å². The van der Waals surface area contributed by atoms with E-state index in [1.165, 1.54) is 11.1 Å². The van der Waals surface area contributed by atoms with Crippen LogP contribution in [0.15, 0.2) is 6.07 Å². The lowest BCUT2D eigenvalue weighted by atomic mass is 10.0. The van der Waals surface area contributed by atoms with Crippen LogP contribution in [-0.2, 0) is 10.0 Å². The number of hydrogen-bond donors (Lipinski definition) is 2. The Labute approximate surface area is 115 Å². The molecule has 1 aromatic rings. The Bertz CT molecular complexity index is 518.